The van der Waals surface area contributed by atoms with E-state index in [1.54, 1.807) is 18.2 Å². The van der Waals surface area contributed by atoms with Crippen LogP contribution in [0.5, 0.6) is 0 Å². The number of nitrogens with zero attached hydrogens (tertiary/aromatic N) is 1. The number of alkyl halides is 3. The molecule has 0 aliphatic carbocycles. The Morgan fingerprint density at radius 2 is 1.81 bits per heavy atom. The Labute approximate surface area is 131 Å². The number of hydrogen-bond acceptors (Lipinski definition) is 4. The number of aromatic nitrogens is 1. The lowest BCUT2D eigenvalue weighted by Crippen LogP contribution is -2.13. The smallest absolute Gasteiger partial charge is 0.339 e. The summed E-state index contributed by atoms with van der Waals surface area (Å²) in [7, 11) is 0. The van der Waals surface area contributed by atoms with Gasteiger partial charge in [0.1, 0.15) is 11.6 Å². The van der Waals surface area contributed by atoms with Gasteiger partial charge in [-0.1, -0.05) is 11.6 Å². The molecule has 112 valence electrons. The Kier molecular flexibility index (Phi) is 4.60. The highest BCUT2D eigenvalue weighted by Crippen LogP contribution is 2.34. The zero-order valence-electron chi connectivity index (χ0n) is 10.3. The van der Waals surface area contributed by atoms with E-state index in [2.05, 4.69) is 31.7 Å². The van der Waals surface area contributed by atoms with Crippen molar-refractivity contribution in [2.45, 2.75) is 6.18 Å². The summed E-state index contributed by atoms with van der Waals surface area (Å²) in [5.74, 6) is 5.04. The van der Waals surface area contributed by atoms with Crippen molar-refractivity contribution in [2.24, 2.45) is 5.84 Å². The molecule has 0 atom stereocenters. The molecule has 1 aromatic heterocycles. The summed E-state index contributed by atoms with van der Waals surface area (Å²) in [6, 6.07) is 6.54. The third kappa shape index (κ3) is 3.99. The Morgan fingerprint density at radius 3 is 2.38 bits per heavy atom. The van der Waals surface area contributed by atoms with Crippen LogP contribution in [0.3, 0.4) is 0 Å². The predicted octanol–water partition coefficient (Wildman–Crippen LogP) is 4.55. The fraction of sp³-hybridized carbons (Fsp3) is 0.0833. The first-order chi connectivity index (χ1) is 9.79. The number of pyridine rings is 1. The SMILES string of the molecule is NNc1cc(C(F)(F)F)cc(Nc2ccc(Cl)cc2Br)n1. The van der Waals surface area contributed by atoms with Crippen LogP contribution in [0.2, 0.25) is 5.02 Å². The van der Waals surface area contributed by atoms with E-state index in [0.717, 1.165) is 12.1 Å². The molecule has 0 saturated heterocycles. The number of nitrogen functional groups attached to an aromatic ring is 1. The van der Waals surface area contributed by atoms with Gasteiger partial charge in [0, 0.05) is 9.50 Å². The van der Waals surface area contributed by atoms with Crippen molar-refractivity contribution >= 4 is 44.9 Å². The fourth-order valence-electron chi connectivity index (χ4n) is 1.56. The molecule has 0 unspecified atom stereocenters. The maximum atomic E-state index is 12.8. The minimum absolute atomic E-state index is 0.000738. The van der Waals surface area contributed by atoms with Crippen LogP contribution in [-0.2, 0) is 6.18 Å². The number of hydrogen-bond donors (Lipinski definition) is 3. The molecule has 0 radical (unpaired) electrons. The highest BCUT2D eigenvalue weighted by molar-refractivity contribution is 9.10. The molecule has 21 heavy (non-hydrogen) atoms. The van der Waals surface area contributed by atoms with Gasteiger partial charge in [0.15, 0.2) is 0 Å². The van der Waals surface area contributed by atoms with Gasteiger partial charge in [0.25, 0.3) is 0 Å². The molecule has 0 amide bonds. The lowest BCUT2D eigenvalue weighted by Gasteiger charge is -2.13. The first-order valence-corrected chi connectivity index (χ1v) is 6.74. The number of nitrogens with two attached hydrogens (primary N) is 1. The monoisotopic (exact) mass is 380 g/mol. The minimum atomic E-state index is -4.50. The standard InChI is InChI=1S/C12H9BrClF3N4/c13-8-5-7(14)1-2-9(8)19-10-3-6(12(15,16)17)4-11(20-10)21-18/h1-5H,18H2,(H2,19,20,21). The van der Waals surface area contributed by atoms with Crippen LogP contribution in [0, 0.1) is 0 Å². The first-order valence-electron chi connectivity index (χ1n) is 5.57. The average Bonchev–Trinajstić information content (AvgIpc) is 2.40. The molecule has 1 aromatic carbocycles. The van der Waals surface area contributed by atoms with Gasteiger partial charge in [0.2, 0.25) is 0 Å². The predicted molar refractivity (Wildman–Crippen MR) is 79.5 cm³/mol. The second kappa shape index (κ2) is 6.08. The molecular weight excluding hydrogens is 373 g/mol. The second-order valence-electron chi connectivity index (χ2n) is 4.02. The minimum Gasteiger partial charge on any atom is -0.339 e. The number of benzene rings is 1. The van der Waals surface area contributed by atoms with E-state index < -0.39 is 11.7 Å². The van der Waals surface area contributed by atoms with Crippen LogP contribution in [0.15, 0.2) is 34.8 Å². The van der Waals surface area contributed by atoms with Gasteiger partial charge < -0.3 is 10.7 Å². The number of hydrazine groups is 1. The molecule has 2 aromatic rings. The number of nitrogens with one attached hydrogen (secondary N) is 2. The summed E-state index contributed by atoms with van der Waals surface area (Å²) in [6.45, 7) is 0. The molecule has 2 rings (SSSR count). The largest absolute Gasteiger partial charge is 0.416 e. The first kappa shape index (κ1) is 15.9. The number of anilines is 3. The average molecular weight is 382 g/mol. The topological polar surface area (TPSA) is 63.0 Å². The number of rotatable bonds is 3. The lowest BCUT2D eigenvalue weighted by atomic mass is 10.2. The van der Waals surface area contributed by atoms with Crippen LogP contribution in [0.4, 0.5) is 30.5 Å². The summed E-state index contributed by atoms with van der Waals surface area (Å²) in [4.78, 5) is 3.92. The molecule has 0 aliphatic rings. The van der Waals surface area contributed by atoms with Crippen molar-refractivity contribution in [3.05, 3.63) is 45.4 Å². The Hall–Kier alpha value is -1.51. The van der Waals surface area contributed by atoms with Crippen LogP contribution in [0.1, 0.15) is 5.56 Å². The molecule has 0 saturated carbocycles. The van der Waals surface area contributed by atoms with Gasteiger partial charge in [-0.25, -0.2) is 10.8 Å². The van der Waals surface area contributed by atoms with E-state index in [4.69, 9.17) is 17.4 Å². The van der Waals surface area contributed by atoms with Gasteiger partial charge in [-0.3, -0.25) is 0 Å². The van der Waals surface area contributed by atoms with Gasteiger partial charge in [-0.2, -0.15) is 13.2 Å². The zero-order valence-corrected chi connectivity index (χ0v) is 12.6. The van der Waals surface area contributed by atoms with Gasteiger partial charge >= 0.3 is 6.18 Å². The Morgan fingerprint density at radius 1 is 1.14 bits per heavy atom. The summed E-state index contributed by atoms with van der Waals surface area (Å²) < 4.78 is 39.0. The van der Waals surface area contributed by atoms with Crippen molar-refractivity contribution in [2.75, 3.05) is 10.7 Å². The highest BCUT2D eigenvalue weighted by Gasteiger charge is 2.31. The van der Waals surface area contributed by atoms with Crippen molar-refractivity contribution in [1.82, 2.24) is 4.98 Å². The summed E-state index contributed by atoms with van der Waals surface area (Å²) in [6.07, 6.45) is -4.50. The fourth-order valence-corrected chi connectivity index (χ4v) is 2.34. The second-order valence-corrected chi connectivity index (χ2v) is 5.31. The highest BCUT2D eigenvalue weighted by atomic mass is 79.9. The van der Waals surface area contributed by atoms with Crippen LogP contribution in [0.25, 0.3) is 0 Å². The molecule has 0 bridgehead atoms. The molecular formula is C12H9BrClF3N4. The molecule has 0 spiro atoms. The maximum Gasteiger partial charge on any atom is 0.416 e. The van der Waals surface area contributed by atoms with E-state index >= 15 is 0 Å². The van der Waals surface area contributed by atoms with Crippen molar-refractivity contribution in [3.63, 3.8) is 0 Å². The summed E-state index contributed by atoms with van der Waals surface area (Å²) >= 11 is 9.06. The molecule has 0 fully saturated rings. The van der Waals surface area contributed by atoms with E-state index in [1.807, 2.05) is 0 Å². The third-order valence-corrected chi connectivity index (χ3v) is 3.39. The van der Waals surface area contributed by atoms with E-state index in [-0.39, 0.29) is 11.6 Å². The van der Waals surface area contributed by atoms with Gasteiger partial charge in [-0.15, -0.1) is 0 Å². The van der Waals surface area contributed by atoms with Crippen LogP contribution in [-0.4, -0.2) is 4.98 Å². The Balaban J connectivity index is 2.39. The van der Waals surface area contributed by atoms with Crippen molar-refractivity contribution < 1.29 is 13.2 Å². The van der Waals surface area contributed by atoms with E-state index in [9.17, 15) is 13.2 Å². The quantitative estimate of drug-likeness (QED) is 0.539. The van der Waals surface area contributed by atoms with Crippen molar-refractivity contribution in [3.8, 4) is 0 Å². The van der Waals surface area contributed by atoms with Crippen LogP contribution < -0.4 is 16.6 Å². The maximum absolute atomic E-state index is 12.8. The Bertz CT molecular complexity index is 663. The molecule has 0 aliphatic heterocycles. The molecule has 9 heteroatoms. The number of halogens is 5. The lowest BCUT2D eigenvalue weighted by molar-refractivity contribution is -0.137. The summed E-state index contributed by atoms with van der Waals surface area (Å²) in [5.41, 5.74) is 1.76. The molecule has 4 N–H and O–H groups in total. The normalized spacial score (nSPS) is 11.3. The summed E-state index contributed by atoms with van der Waals surface area (Å²) in [5, 5.41) is 3.27. The van der Waals surface area contributed by atoms with Gasteiger partial charge in [0.05, 0.1) is 11.3 Å². The van der Waals surface area contributed by atoms with Gasteiger partial charge in [-0.05, 0) is 46.3 Å². The van der Waals surface area contributed by atoms with Crippen LogP contribution >= 0.6 is 27.5 Å². The third-order valence-electron chi connectivity index (χ3n) is 2.49. The molecule has 4 nitrogen and oxygen atoms in total. The van der Waals surface area contributed by atoms with Crippen molar-refractivity contribution in [1.29, 1.82) is 0 Å². The zero-order chi connectivity index (χ0) is 15.6. The van der Waals surface area contributed by atoms with E-state index in [0.29, 0.717) is 15.2 Å². The van der Waals surface area contributed by atoms with E-state index in [1.165, 1.54) is 0 Å². The molecule has 1 heterocycles.